The van der Waals surface area contributed by atoms with E-state index in [1.807, 2.05) is 6.92 Å². The smallest absolute Gasteiger partial charge is 0.272 e. The van der Waals surface area contributed by atoms with Gasteiger partial charge in [-0.05, 0) is 68.4 Å². The van der Waals surface area contributed by atoms with Crippen LogP contribution in [0.25, 0.3) is 0 Å². The summed E-state index contributed by atoms with van der Waals surface area (Å²) in [5, 5.41) is 0.469. The molecule has 3 aliphatic carbocycles. The summed E-state index contributed by atoms with van der Waals surface area (Å²) in [5.41, 5.74) is 3.44. The summed E-state index contributed by atoms with van der Waals surface area (Å²) in [4.78, 5) is 25.4. The highest BCUT2D eigenvalue weighted by Gasteiger charge is 2.52. The standard InChI is InChI=1S/C23H29NO5S/c1-13-8-14(2)21(15(3)9-13)30(27,28)29-24-20(25)11-17(22(24)26)10-16-6-7-18-12-19(16)23(18,4)5/h6,8-9,17-19H,7,10-12H2,1-5H3/t17-,18+,19-/m0/s1. The predicted molar refractivity (Wildman–Crippen MR) is 112 cm³/mol. The van der Waals surface area contributed by atoms with E-state index in [0.29, 0.717) is 34.4 Å². The lowest BCUT2D eigenvalue weighted by Gasteiger charge is -2.56. The van der Waals surface area contributed by atoms with Crippen LogP contribution in [0.1, 0.15) is 56.2 Å². The van der Waals surface area contributed by atoms with Gasteiger partial charge in [0.2, 0.25) is 0 Å². The second kappa shape index (κ2) is 7.02. The van der Waals surface area contributed by atoms with Crippen LogP contribution in [0.3, 0.4) is 0 Å². The van der Waals surface area contributed by atoms with Gasteiger partial charge in [0.15, 0.2) is 0 Å². The molecule has 2 fully saturated rings. The molecule has 1 saturated carbocycles. The van der Waals surface area contributed by atoms with E-state index in [1.54, 1.807) is 26.0 Å². The monoisotopic (exact) mass is 431 g/mol. The highest BCUT2D eigenvalue weighted by atomic mass is 32.2. The first kappa shape index (κ1) is 21.2. The topological polar surface area (TPSA) is 80.8 Å². The molecule has 5 rings (SSSR count). The van der Waals surface area contributed by atoms with Gasteiger partial charge in [-0.2, -0.15) is 8.42 Å². The van der Waals surface area contributed by atoms with Gasteiger partial charge in [0.05, 0.1) is 5.92 Å². The minimum atomic E-state index is -4.30. The van der Waals surface area contributed by atoms with E-state index < -0.39 is 27.9 Å². The first-order valence-electron chi connectivity index (χ1n) is 10.5. The molecule has 0 radical (unpaired) electrons. The van der Waals surface area contributed by atoms with Gasteiger partial charge in [-0.25, -0.2) is 0 Å². The van der Waals surface area contributed by atoms with Crippen LogP contribution in [0, 0.1) is 43.9 Å². The van der Waals surface area contributed by atoms with Crippen molar-refractivity contribution in [2.24, 2.45) is 23.2 Å². The van der Waals surface area contributed by atoms with E-state index in [2.05, 4.69) is 19.9 Å². The lowest BCUT2D eigenvalue weighted by molar-refractivity contribution is -0.164. The van der Waals surface area contributed by atoms with Crippen LogP contribution in [0.5, 0.6) is 0 Å². The summed E-state index contributed by atoms with van der Waals surface area (Å²) in [6.45, 7) is 9.75. The van der Waals surface area contributed by atoms with Crippen molar-refractivity contribution in [1.29, 1.82) is 0 Å². The molecule has 3 atom stereocenters. The van der Waals surface area contributed by atoms with Crippen LogP contribution in [0.2, 0.25) is 0 Å². The molecule has 0 aromatic heterocycles. The minimum Gasteiger partial charge on any atom is -0.272 e. The second-order valence-corrected chi connectivity index (χ2v) is 11.2. The molecule has 0 spiro atoms. The zero-order valence-electron chi connectivity index (χ0n) is 18.2. The summed E-state index contributed by atoms with van der Waals surface area (Å²) in [6, 6.07) is 3.48. The molecule has 6 nitrogen and oxygen atoms in total. The van der Waals surface area contributed by atoms with Crippen molar-refractivity contribution < 1.29 is 22.3 Å². The maximum absolute atomic E-state index is 12.9. The molecule has 7 heteroatoms. The number of nitrogens with zero attached hydrogens (tertiary/aromatic N) is 1. The van der Waals surface area contributed by atoms with Gasteiger partial charge in [-0.3, -0.25) is 9.59 Å². The van der Waals surface area contributed by atoms with Gasteiger partial charge in [-0.1, -0.05) is 43.2 Å². The summed E-state index contributed by atoms with van der Waals surface area (Å²) in [7, 11) is -4.30. The number of carbonyl (C=O) groups excluding carboxylic acids is 2. The van der Waals surface area contributed by atoms with Crippen molar-refractivity contribution in [2.45, 2.75) is 65.2 Å². The Morgan fingerprint density at radius 3 is 2.33 bits per heavy atom. The van der Waals surface area contributed by atoms with Gasteiger partial charge in [0.25, 0.3) is 11.8 Å². The van der Waals surface area contributed by atoms with Crippen molar-refractivity contribution >= 4 is 21.9 Å². The molecule has 1 aliphatic heterocycles. The number of amides is 2. The average molecular weight is 432 g/mol. The molecule has 1 saturated heterocycles. The SMILES string of the molecule is Cc1cc(C)c(S(=O)(=O)ON2C(=O)C[C@H](CC3=CC[C@@H]4C[C@@H]3C4(C)C)C2=O)c(C)c1. The van der Waals surface area contributed by atoms with Crippen molar-refractivity contribution in [3.8, 4) is 0 Å². The molecule has 0 N–H and O–H groups in total. The summed E-state index contributed by atoms with van der Waals surface area (Å²) >= 11 is 0. The molecular formula is C23H29NO5S. The molecule has 1 aromatic rings. The Bertz CT molecular complexity index is 1050. The number of hydrogen-bond acceptors (Lipinski definition) is 5. The van der Waals surface area contributed by atoms with Crippen molar-refractivity contribution in [2.75, 3.05) is 0 Å². The summed E-state index contributed by atoms with van der Waals surface area (Å²) < 4.78 is 30.9. The molecule has 1 heterocycles. The molecule has 2 amide bonds. The number of fused-ring (bicyclic) bond motifs is 1. The molecule has 162 valence electrons. The van der Waals surface area contributed by atoms with Gasteiger partial charge < -0.3 is 0 Å². The number of carbonyl (C=O) groups is 2. The Morgan fingerprint density at radius 1 is 1.13 bits per heavy atom. The average Bonchev–Trinajstić information content (AvgIpc) is 2.87. The van der Waals surface area contributed by atoms with Crippen molar-refractivity contribution in [3.63, 3.8) is 0 Å². The second-order valence-electron chi connectivity index (χ2n) is 9.71. The Kier molecular flexibility index (Phi) is 4.97. The minimum absolute atomic E-state index is 0.00870. The van der Waals surface area contributed by atoms with E-state index in [1.165, 1.54) is 5.57 Å². The zero-order valence-corrected chi connectivity index (χ0v) is 19.0. The fraction of sp³-hybridized carbons (Fsp3) is 0.565. The molecule has 1 aromatic carbocycles. The van der Waals surface area contributed by atoms with Crippen molar-refractivity contribution in [1.82, 2.24) is 5.06 Å². The lowest BCUT2D eigenvalue weighted by Crippen LogP contribution is -2.48. The van der Waals surface area contributed by atoms with E-state index in [0.717, 1.165) is 18.4 Å². The maximum atomic E-state index is 12.9. The number of rotatable bonds is 5. The molecule has 2 bridgehead atoms. The lowest BCUT2D eigenvalue weighted by atomic mass is 9.48. The van der Waals surface area contributed by atoms with E-state index >= 15 is 0 Å². The number of allylic oxidation sites excluding steroid dienone is 2. The van der Waals surface area contributed by atoms with E-state index in [4.69, 9.17) is 4.28 Å². The van der Waals surface area contributed by atoms with Crippen LogP contribution in [0.15, 0.2) is 28.7 Å². The Morgan fingerprint density at radius 2 is 1.77 bits per heavy atom. The predicted octanol–water partition coefficient (Wildman–Crippen LogP) is 3.99. The largest absolute Gasteiger partial charge is 0.318 e. The molecule has 4 aliphatic rings. The van der Waals surface area contributed by atoms with Crippen LogP contribution in [-0.4, -0.2) is 25.3 Å². The molecule has 30 heavy (non-hydrogen) atoms. The first-order valence-corrected chi connectivity index (χ1v) is 11.9. The number of benzene rings is 1. The quantitative estimate of drug-likeness (QED) is 0.520. The third-order valence-electron chi connectivity index (χ3n) is 7.29. The van der Waals surface area contributed by atoms with E-state index in [9.17, 15) is 18.0 Å². The third kappa shape index (κ3) is 3.32. The number of imide groups is 1. The fourth-order valence-corrected chi connectivity index (χ4v) is 6.93. The highest BCUT2D eigenvalue weighted by Crippen LogP contribution is 2.60. The normalized spacial score (nSPS) is 27.8. The van der Waals surface area contributed by atoms with Crippen molar-refractivity contribution in [3.05, 3.63) is 40.5 Å². The Balaban J connectivity index is 1.52. The van der Waals surface area contributed by atoms with E-state index in [-0.39, 0.29) is 16.7 Å². The van der Waals surface area contributed by atoms with Crippen LogP contribution in [0.4, 0.5) is 0 Å². The van der Waals surface area contributed by atoms with Gasteiger partial charge in [0.1, 0.15) is 4.90 Å². The third-order valence-corrected chi connectivity index (χ3v) is 8.78. The summed E-state index contributed by atoms with van der Waals surface area (Å²) in [5.74, 6) is -0.592. The Hall–Kier alpha value is -1.99. The number of hydrogen-bond donors (Lipinski definition) is 0. The fourth-order valence-electron chi connectivity index (χ4n) is 5.60. The highest BCUT2D eigenvalue weighted by molar-refractivity contribution is 7.86. The molecular weight excluding hydrogens is 402 g/mol. The Labute approximate surface area is 178 Å². The van der Waals surface area contributed by atoms with Crippen LogP contribution >= 0.6 is 0 Å². The maximum Gasteiger partial charge on any atom is 0.318 e. The molecule has 0 unspecified atom stereocenters. The first-order chi connectivity index (χ1) is 13.9. The van der Waals surface area contributed by atoms with Crippen LogP contribution in [-0.2, 0) is 24.0 Å². The zero-order chi connectivity index (χ0) is 22.0. The van der Waals surface area contributed by atoms with Crippen LogP contribution < -0.4 is 0 Å². The number of aryl methyl sites for hydroxylation is 3. The van der Waals surface area contributed by atoms with Gasteiger partial charge in [-0.15, -0.1) is 9.35 Å². The number of hydroxylamine groups is 2. The van der Waals surface area contributed by atoms with Gasteiger partial charge in [0, 0.05) is 6.42 Å². The van der Waals surface area contributed by atoms with Gasteiger partial charge >= 0.3 is 10.1 Å². The summed E-state index contributed by atoms with van der Waals surface area (Å²) in [6.07, 6.45) is 4.83.